The molecule has 0 radical (unpaired) electrons. The average molecular weight is 389 g/mol. The van der Waals surface area contributed by atoms with Crippen LogP contribution in [-0.2, 0) is 21.6 Å². The van der Waals surface area contributed by atoms with Crippen LogP contribution in [0.25, 0.3) is 11.0 Å². The van der Waals surface area contributed by atoms with Gasteiger partial charge in [-0.1, -0.05) is 30.3 Å². The summed E-state index contributed by atoms with van der Waals surface area (Å²) in [5, 5.41) is 0.567. The zero-order valence-electron chi connectivity index (χ0n) is 14.9. The second kappa shape index (κ2) is 7.42. The molecule has 0 amide bonds. The molecule has 142 valence electrons. The standard InChI is InChI=1S/C19H19NO6S/c1-3-25-19(21)18-13(2)16-11-15(9-10-17(16)26-18)20(27(22,23)24)12-14-7-5-4-6-8-14/h4-11H,3,12H2,1-2H3,(H,22,23,24). The number of hydrogen-bond donors (Lipinski definition) is 1. The topological polar surface area (TPSA) is 97.0 Å². The van der Waals surface area contributed by atoms with Crippen LogP contribution < -0.4 is 4.31 Å². The number of rotatable bonds is 6. The molecule has 0 unspecified atom stereocenters. The maximum Gasteiger partial charge on any atom is 0.374 e. The van der Waals surface area contributed by atoms with Gasteiger partial charge in [-0.2, -0.15) is 8.42 Å². The van der Waals surface area contributed by atoms with Crippen LogP contribution in [0.3, 0.4) is 0 Å². The first-order valence-corrected chi connectivity index (χ1v) is 9.70. The van der Waals surface area contributed by atoms with Gasteiger partial charge >= 0.3 is 16.3 Å². The molecule has 1 N–H and O–H groups in total. The van der Waals surface area contributed by atoms with E-state index in [9.17, 15) is 17.8 Å². The number of esters is 1. The summed E-state index contributed by atoms with van der Waals surface area (Å²) in [6.45, 7) is 3.57. The second-order valence-electron chi connectivity index (χ2n) is 5.93. The summed E-state index contributed by atoms with van der Waals surface area (Å²) >= 11 is 0. The predicted octanol–water partition coefficient (Wildman–Crippen LogP) is 3.73. The third kappa shape index (κ3) is 3.96. The normalized spacial score (nSPS) is 11.5. The first-order valence-electron chi connectivity index (χ1n) is 8.30. The molecule has 0 bridgehead atoms. The maximum absolute atomic E-state index is 12.0. The molecule has 8 heteroatoms. The molecule has 0 aliphatic carbocycles. The van der Waals surface area contributed by atoms with Crippen molar-refractivity contribution in [1.29, 1.82) is 0 Å². The van der Waals surface area contributed by atoms with Crippen LogP contribution in [-0.4, -0.2) is 25.5 Å². The Morgan fingerprint density at radius 2 is 1.89 bits per heavy atom. The van der Waals surface area contributed by atoms with Gasteiger partial charge in [-0.15, -0.1) is 0 Å². The average Bonchev–Trinajstić information content (AvgIpc) is 2.96. The number of ether oxygens (including phenoxy) is 1. The minimum absolute atomic E-state index is 0.0349. The van der Waals surface area contributed by atoms with E-state index in [1.54, 1.807) is 50.2 Å². The first-order chi connectivity index (χ1) is 12.8. The van der Waals surface area contributed by atoms with Crippen molar-refractivity contribution in [2.45, 2.75) is 20.4 Å². The Morgan fingerprint density at radius 3 is 2.52 bits per heavy atom. The van der Waals surface area contributed by atoms with Crippen molar-refractivity contribution in [1.82, 2.24) is 0 Å². The second-order valence-corrected chi connectivity index (χ2v) is 7.26. The summed E-state index contributed by atoms with van der Waals surface area (Å²) in [6, 6.07) is 13.5. The van der Waals surface area contributed by atoms with E-state index < -0.39 is 16.3 Å². The van der Waals surface area contributed by atoms with Gasteiger partial charge < -0.3 is 9.15 Å². The Bertz CT molecular complexity index is 1070. The van der Waals surface area contributed by atoms with Crippen LogP contribution in [0, 0.1) is 6.92 Å². The highest BCUT2D eigenvalue weighted by Crippen LogP contribution is 2.31. The van der Waals surface area contributed by atoms with Crippen molar-refractivity contribution >= 4 is 32.9 Å². The summed E-state index contributed by atoms with van der Waals surface area (Å²) in [5.74, 6) is -0.505. The van der Waals surface area contributed by atoms with Gasteiger partial charge in [0.25, 0.3) is 0 Å². The SMILES string of the molecule is CCOC(=O)c1oc2ccc(N(Cc3ccccc3)S(=O)(=O)O)cc2c1C. The monoisotopic (exact) mass is 389 g/mol. The number of carbonyl (C=O) groups is 1. The molecule has 3 aromatic rings. The van der Waals surface area contributed by atoms with Crippen molar-refractivity contribution in [3.63, 3.8) is 0 Å². The highest BCUT2D eigenvalue weighted by atomic mass is 32.2. The predicted molar refractivity (Wildman–Crippen MR) is 101 cm³/mol. The van der Waals surface area contributed by atoms with Crippen LogP contribution in [0.1, 0.15) is 28.6 Å². The fourth-order valence-electron chi connectivity index (χ4n) is 2.81. The smallest absolute Gasteiger partial charge is 0.374 e. The van der Waals surface area contributed by atoms with E-state index in [1.165, 1.54) is 6.07 Å². The van der Waals surface area contributed by atoms with Crippen molar-refractivity contribution in [2.75, 3.05) is 10.9 Å². The zero-order chi connectivity index (χ0) is 19.6. The molecular weight excluding hydrogens is 370 g/mol. The molecule has 0 aliphatic heterocycles. The Labute approximate surface area is 157 Å². The number of hydrogen-bond acceptors (Lipinski definition) is 5. The minimum atomic E-state index is -4.50. The van der Waals surface area contributed by atoms with Gasteiger partial charge in [-0.25, -0.2) is 9.10 Å². The molecule has 2 aromatic carbocycles. The lowest BCUT2D eigenvalue weighted by atomic mass is 10.1. The van der Waals surface area contributed by atoms with E-state index in [2.05, 4.69) is 0 Å². The van der Waals surface area contributed by atoms with Crippen LogP contribution >= 0.6 is 0 Å². The van der Waals surface area contributed by atoms with E-state index in [4.69, 9.17) is 9.15 Å². The molecule has 0 atom stereocenters. The summed E-state index contributed by atoms with van der Waals surface area (Å²) in [7, 11) is -4.50. The fraction of sp³-hybridized carbons (Fsp3) is 0.211. The highest BCUT2D eigenvalue weighted by Gasteiger charge is 2.23. The Balaban J connectivity index is 2.05. The van der Waals surface area contributed by atoms with E-state index in [0.29, 0.717) is 22.1 Å². The summed E-state index contributed by atoms with van der Waals surface area (Å²) in [6.07, 6.45) is 0. The quantitative estimate of drug-likeness (QED) is 0.510. The van der Waals surface area contributed by atoms with Crippen LogP contribution in [0.5, 0.6) is 0 Å². The third-order valence-corrected chi connectivity index (χ3v) is 5.01. The summed E-state index contributed by atoms with van der Waals surface area (Å²) in [5.41, 5.74) is 1.94. The molecule has 0 aliphatic rings. The van der Waals surface area contributed by atoms with E-state index >= 15 is 0 Å². The van der Waals surface area contributed by atoms with E-state index in [-0.39, 0.29) is 24.6 Å². The van der Waals surface area contributed by atoms with Gasteiger partial charge in [0.2, 0.25) is 5.76 Å². The lowest BCUT2D eigenvalue weighted by molar-refractivity contribution is 0.0491. The van der Waals surface area contributed by atoms with Gasteiger partial charge in [0.05, 0.1) is 18.8 Å². The molecule has 3 rings (SSSR count). The molecule has 0 saturated heterocycles. The largest absolute Gasteiger partial charge is 0.460 e. The Kier molecular flexibility index (Phi) is 5.20. The van der Waals surface area contributed by atoms with Crippen molar-refractivity contribution in [3.8, 4) is 0 Å². The molecule has 27 heavy (non-hydrogen) atoms. The van der Waals surface area contributed by atoms with E-state index in [0.717, 1.165) is 4.31 Å². The number of nitrogens with zero attached hydrogens (tertiary/aromatic N) is 1. The number of carbonyl (C=O) groups excluding carboxylic acids is 1. The molecule has 0 spiro atoms. The van der Waals surface area contributed by atoms with Crippen LogP contribution in [0.15, 0.2) is 52.9 Å². The van der Waals surface area contributed by atoms with Crippen LogP contribution in [0.2, 0.25) is 0 Å². The van der Waals surface area contributed by atoms with Crippen molar-refractivity contribution in [2.24, 2.45) is 0 Å². The van der Waals surface area contributed by atoms with Crippen LogP contribution in [0.4, 0.5) is 5.69 Å². The van der Waals surface area contributed by atoms with E-state index in [1.807, 2.05) is 6.07 Å². The van der Waals surface area contributed by atoms with Gasteiger partial charge in [0.15, 0.2) is 0 Å². The van der Waals surface area contributed by atoms with Gasteiger partial charge in [0.1, 0.15) is 5.58 Å². The minimum Gasteiger partial charge on any atom is -0.460 e. The molecule has 1 heterocycles. The number of fused-ring (bicyclic) bond motifs is 1. The Hall–Kier alpha value is -2.84. The van der Waals surface area contributed by atoms with Crippen molar-refractivity contribution in [3.05, 3.63) is 65.4 Å². The number of anilines is 1. The lowest BCUT2D eigenvalue weighted by Gasteiger charge is -2.21. The van der Waals surface area contributed by atoms with Gasteiger partial charge in [-0.3, -0.25) is 4.55 Å². The van der Waals surface area contributed by atoms with Gasteiger partial charge in [0, 0.05) is 10.9 Å². The molecule has 1 aromatic heterocycles. The fourth-order valence-corrected chi connectivity index (χ4v) is 3.50. The first kappa shape index (κ1) is 18.9. The third-order valence-electron chi connectivity index (χ3n) is 4.12. The number of benzene rings is 2. The molecule has 0 fully saturated rings. The maximum atomic E-state index is 12.0. The van der Waals surface area contributed by atoms with Gasteiger partial charge in [-0.05, 0) is 37.6 Å². The van der Waals surface area contributed by atoms with Crippen molar-refractivity contribution < 1.29 is 26.9 Å². The summed E-state index contributed by atoms with van der Waals surface area (Å²) < 4.78 is 45.0. The number of furan rings is 1. The molecule has 0 saturated carbocycles. The summed E-state index contributed by atoms with van der Waals surface area (Å²) in [4.78, 5) is 12.0. The zero-order valence-corrected chi connectivity index (χ0v) is 15.7. The lowest BCUT2D eigenvalue weighted by Crippen LogP contribution is -2.29. The Morgan fingerprint density at radius 1 is 1.19 bits per heavy atom. The number of aryl methyl sites for hydroxylation is 1. The molecular formula is C19H19NO6S. The highest BCUT2D eigenvalue weighted by molar-refractivity contribution is 7.87. The molecule has 7 nitrogen and oxygen atoms in total.